The fourth-order valence-electron chi connectivity index (χ4n) is 3.43. The minimum absolute atomic E-state index is 0.258. The van der Waals surface area contributed by atoms with E-state index in [1.165, 1.54) is 0 Å². The number of anilines is 3. The van der Waals surface area contributed by atoms with Gasteiger partial charge in [0, 0.05) is 39.1 Å². The average Bonchev–Trinajstić information content (AvgIpc) is 3.20. The molecule has 2 N–H and O–H groups in total. The van der Waals surface area contributed by atoms with Gasteiger partial charge in [-0.2, -0.15) is 15.0 Å². The van der Waals surface area contributed by atoms with Crippen molar-refractivity contribution in [2.75, 3.05) is 61.4 Å². The lowest BCUT2D eigenvalue weighted by atomic mass is 10.3. The summed E-state index contributed by atoms with van der Waals surface area (Å²) in [6.45, 7) is 9.19. The van der Waals surface area contributed by atoms with Crippen LogP contribution < -0.4 is 20.3 Å². The first kappa shape index (κ1) is 22.6. The van der Waals surface area contributed by atoms with Crippen LogP contribution in [-0.4, -0.2) is 71.6 Å². The van der Waals surface area contributed by atoms with E-state index >= 15 is 0 Å². The van der Waals surface area contributed by atoms with Crippen LogP contribution in [0.3, 0.4) is 0 Å². The number of carbonyl (C=O) groups is 1. The Morgan fingerprint density at radius 1 is 1.03 bits per heavy atom. The number of rotatable bonds is 13. The third-order valence-electron chi connectivity index (χ3n) is 5.13. The largest absolute Gasteiger partial charge is 0.492 e. The number of likely N-dealkylation sites (tertiary alicyclic amines) is 1. The van der Waals surface area contributed by atoms with Gasteiger partial charge >= 0.3 is 0 Å². The zero-order valence-electron chi connectivity index (χ0n) is 18.5. The smallest absolute Gasteiger partial charge is 0.231 e. The molecule has 0 spiro atoms. The van der Waals surface area contributed by atoms with E-state index in [9.17, 15) is 4.79 Å². The lowest BCUT2D eigenvalue weighted by Gasteiger charge is -2.20. The summed E-state index contributed by atoms with van der Waals surface area (Å²) < 4.78 is 5.72. The monoisotopic (exact) mass is 427 g/mol. The zero-order chi connectivity index (χ0) is 21.9. The number of hydrogen-bond acceptors (Lipinski definition) is 8. The molecule has 9 heteroatoms. The normalized spacial score (nSPS) is 13.4. The Hall–Kier alpha value is -3.10. The van der Waals surface area contributed by atoms with Crippen molar-refractivity contribution in [3.05, 3.63) is 30.3 Å². The number of nitrogens with one attached hydrogen (secondary N) is 2. The number of hydrogen-bond donors (Lipinski definition) is 2. The Labute approximate surface area is 184 Å². The van der Waals surface area contributed by atoms with Gasteiger partial charge in [-0.3, -0.25) is 4.79 Å². The van der Waals surface area contributed by atoms with Crippen molar-refractivity contribution in [1.29, 1.82) is 0 Å². The number of aromatic nitrogens is 3. The van der Waals surface area contributed by atoms with E-state index in [4.69, 9.17) is 4.74 Å². The van der Waals surface area contributed by atoms with Crippen LogP contribution in [0.5, 0.6) is 5.75 Å². The molecule has 2 aromatic rings. The van der Waals surface area contributed by atoms with Gasteiger partial charge in [-0.25, -0.2) is 0 Å². The second kappa shape index (κ2) is 11.9. The van der Waals surface area contributed by atoms with Crippen molar-refractivity contribution in [2.24, 2.45) is 0 Å². The number of nitrogens with zero attached hydrogens (tertiary/aromatic N) is 5. The minimum Gasteiger partial charge on any atom is -0.492 e. The Morgan fingerprint density at radius 2 is 1.74 bits per heavy atom. The molecule has 168 valence electrons. The molecule has 3 rings (SSSR count). The first-order valence-corrected chi connectivity index (χ1v) is 11.1. The lowest BCUT2D eigenvalue weighted by molar-refractivity contribution is -0.127. The zero-order valence-corrected chi connectivity index (χ0v) is 18.5. The van der Waals surface area contributed by atoms with Crippen LogP contribution in [-0.2, 0) is 4.79 Å². The maximum atomic E-state index is 11.7. The van der Waals surface area contributed by atoms with E-state index in [0.717, 1.165) is 44.8 Å². The van der Waals surface area contributed by atoms with Gasteiger partial charge in [0.15, 0.2) is 0 Å². The number of para-hydroxylation sites is 1. The second-order valence-corrected chi connectivity index (χ2v) is 7.31. The predicted octanol–water partition coefficient (Wildman–Crippen LogP) is 2.63. The molecule has 1 aliphatic rings. The first-order valence-electron chi connectivity index (χ1n) is 11.1. The summed E-state index contributed by atoms with van der Waals surface area (Å²) in [4.78, 5) is 29.4. The molecule has 1 aromatic heterocycles. The van der Waals surface area contributed by atoms with E-state index in [1.807, 2.05) is 35.2 Å². The fourth-order valence-corrected chi connectivity index (χ4v) is 3.43. The molecule has 1 amide bonds. The van der Waals surface area contributed by atoms with Crippen molar-refractivity contribution >= 4 is 23.8 Å². The first-order chi connectivity index (χ1) is 15.2. The van der Waals surface area contributed by atoms with Crippen LogP contribution in [0.15, 0.2) is 30.3 Å². The molecule has 0 saturated carbocycles. The van der Waals surface area contributed by atoms with Crippen molar-refractivity contribution in [1.82, 2.24) is 19.9 Å². The fraction of sp³-hybridized carbons (Fsp3) is 0.545. The molecule has 0 bridgehead atoms. The maximum absolute atomic E-state index is 11.7. The summed E-state index contributed by atoms with van der Waals surface area (Å²) >= 11 is 0. The highest BCUT2D eigenvalue weighted by molar-refractivity contribution is 5.78. The summed E-state index contributed by atoms with van der Waals surface area (Å²) in [5, 5.41) is 6.52. The molecule has 31 heavy (non-hydrogen) atoms. The van der Waals surface area contributed by atoms with E-state index in [2.05, 4.69) is 44.3 Å². The Kier molecular flexibility index (Phi) is 8.69. The molecule has 1 aliphatic heterocycles. The van der Waals surface area contributed by atoms with E-state index in [1.54, 1.807) is 0 Å². The maximum Gasteiger partial charge on any atom is 0.231 e. The molecular formula is C22H33N7O2. The lowest BCUT2D eigenvalue weighted by Crippen LogP contribution is -2.27. The van der Waals surface area contributed by atoms with E-state index in [-0.39, 0.29) is 5.91 Å². The number of carbonyl (C=O) groups excluding carboxylic acids is 1. The molecule has 1 fully saturated rings. The number of benzene rings is 1. The topological polar surface area (TPSA) is 95.5 Å². The molecule has 1 aromatic carbocycles. The summed E-state index contributed by atoms with van der Waals surface area (Å²) in [6, 6.07) is 9.71. The van der Waals surface area contributed by atoms with Crippen molar-refractivity contribution in [3.8, 4) is 5.75 Å². The van der Waals surface area contributed by atoms with Gasteiger partial charge in [0.1, 0.15) is 12.4 Å². The Balaban J connectivity index is 1.54. The van der Waals surface area contributed by atoms with Crippen molar-refractivity contribution < 1.29 is 9.53 Å². The Morgan fingerprint density at radius 3 is 2.39 bits per heavy atom. The van der Waals surface area contributed by atoms with Crippen molar-refractivity contribution in [3.63, 3.8) is 0 Å². The third-order valence-corrected chi connectivity index (χ3v) is 5.13. The molecule has 0 aliphatic carbocycles. The van der Waals surface area contributed by atoms with E-state index in [0.29, 0.717) is 44.0 Å². The summed E-state index contributed by atoms with van der Waals surface area (Å²) in [7, 11) is 0. The third kappa shape index (κ3) is 6.97. The van der Waals surface area contributed by atoms with Gasteiger partial charge in [-0.05, 0) is 38.8 Å². The number of ether oxygens (including phenoxy) is 1. The van der Waals surface area contributed by atoms with E-state index < -0.39 is 0 Å². The second-order valence-electron chi connectivity index (χ2n) is 7.31. The molecule has 0 radical (unpaired) electrons. The van der Waals surface area contributed by atoms with Crippen LogP contribution in [0.2, 0.25) is 0 Å². The summed E-state index contributed by atoms with van der Waals surface area (Å²) in [5.74, 6) is 2.79. The van der Waals surface area contributed by atoms with Crippen LogP contribution >= 0.6 is 0 Å². The van der Waals surface area contributed by atoms with Gasteiger partial charge in [0.2, 0.25) is 23.8 Å². The van der Waals surface area contributed by atoms with Gasteiger partial charge in [-0.15, -0.1) is 0 Å². The molecule has 0 atom stereocenters. The highest BCUT2D eigenvalue weighted by Gasteiger charge is 2.19. The summed E-state index contributed by atoms with van der Waals surface area (Å²) in [5.41, 5.74) is 0. The minimum atomic E-state index is 0.258. The predicted molar refractivity (Wildman–Crippen MR) is 123 cm³/mol. The average molecular weight is 428 g/mol. The standard InChI is InChI=1S/C22H33N7O2/c1-3-28(4-2)22-26-20(23-13-9-16-29-15-8-12-19(29)30)25-21(27-22)24-14-17-31-18-10-6-5-7-11-18/h5-7,10-11H,3-4,8-9,12-17H2,1-2H3,(H2,23,24,25,26,27). The quantitative estimate of drug-likeness (QED) is 0.471. The van der Waals surface area contributed by atoms with Crippen molar-refractivity contribution in [2.45, 2.75) is 33.1 Å². The van der Waals surface area contributed by atoms with Crippen LogP contribution in [0.4, 0.5) is 17.8 Å². The molecule has 1 saturated heterocycles. The molecule has 2 heterocycles. The molecular weight excluding hydrogens is 394 g/mol. The molecule has 0 unspecified atom stereocenters. The summed E-state index contributed by atoms with van der Waals surface area (Å²) in [6.07, 6.45) is 2.50. The SMILES string of the molecule is CCN(CC)c1nc(NCCCN2CCCC2=O)nc(NCCOc2ccccc2)n1. The van der Waals surface area contributed by atoms with Gasteiger partial charge in [0.25, 0.3) is 0 Å². The van der Waals surface area contributed by atoms with Crippen LogP contribution in [0.1, 0.15) is 33.1 Å². The highest BCUT2D eigenvalue weighted by atomic mass is 16.5. The van der Waals surface area contributed by atoms with Crippen LogP contribution in [0, 0.1) is 0 Å². The van der Waals surface area contributed by atoms with Gasteiger partial charge < -0.3 is 25.2 Å². The highest BCUT2D eigenvalue weighted by Crippen LogP contribution is 2.14. The Bertz CT molecular complexity index is 815. The molecule has 9 nitrogen and oxygen atoms in total. The number of amides is 1. The van der Waals surface area contributed by atoms with Gasteiger partial charge in [0.05, 0.1) is 6.54 Å². The van der Waals surface area contributed by atoms with Crippen LogP contribution in [0.25, 0.3) is 0 Å². The van der Waals surface area contributed by atoms with Gasteiger partial charge in [-0.1, -0.05) is 18.2 Å².